The van der Waals surface area contributed by atoms with Gasteiger partial charge in [0.05, 0.1) is 23.9 Å². The Morgan fingerprint density at radius 2 is 2.17 bits per heavy atom. The summed E-state index contributed by atoms with van der Waals surface area (Å²) in [6.45, 7) is 2.52. The number of carbonyl (C=O) groups excluding carboxylic acids is 1. The molecule has 0 N–H and O–H groups in total. The number of terminal acetylenes is 1. The molecule has 0 fully saturated rings. The summed E-state index contributed by atoms with van der Waals surface area (Å²) >= 11 is 1.46. The summed E-state index contributed by atoms with van der Waals surface area (Å²) in [6, 6.07) is 13.5. The lowest BCUT2D eigenvalue weighted by Crippen LogP contribution is -2.16. The zero-order chi connectivity index (χ0) is 21.1. The fourth-order valence-corrected chi connectivity index (χ4v) is 4.52. The topological polar surface area (TPSA) is 56.7 Å². The number of unbranched alkanes of at least 4 members (excludes halogenated alkanes) is 1. The number of carbonyl (C=O) groups is 1. The first-order valence-electron chi connectivity index (χ1n) is 9.86. The van der Waals surface area contributed by atoms with Crippen LogP contribution in [-0.4, -0.2) is 17.6 Å². The van der Waals surface area contributed by atoms with Crippen LogP contribution in [0.25, 0.3) is 21.2 Å². The second kappa shape index (κ2) is 8.60. The van der Waals surface area contributed by atoms with Crippen LogP contribution in [0.5, 0.6) is 5.75 Å². The van der Waals surface area contributed by atoms with Crippen molar-refractivity contribution in [3.63, 3.8) is 0 Å². The Bertz CT molecular complexity index is 1330. The van der Waals surface area contributed by atoms with Crippen LogP contribution in [0.2, 0.25) is 0 Å². The summed E-state index contributed by atoms with van der Waals surface area (Å²) in [5, 5.41) is 0.793. The van der Waals surface area contributed by atoms with Crippen LogP contribution in [0.3, 0.4) is 0 Å². The highest BCUT2D eigenvalue weighted by molar-refractivity contribution is 7.16. The molecule has 0 unspecified atom stereocenters. The summed E-state index contributed by atoms with van der Waals surface area (Å²) in [5.41, 5.74) is 2.80. The molecule has 2 aromatic carbocycles. The van der Waals surface area contributed by atoms with E-state index in [1.807, 2.05) is 16.7 Å². The summed E-state index contributed by atoms with van der Waals surface area (Å²) < 4.78 is 14.0. The molecule has 0 bridgehead atoms. The summed E-state index contributed by atoms with van der Waals surface area (Å²) in [5.74, 6) is 2.96. The largest absolute Gasteiger partial charge is 0.493 e. The Morgan fingerprint density at radius 3 is 2.93 bits per heavy atom. The summed E-state index contributed by atoms with van der Waals surface area (Å²) in [7, 11) is 1.57. The van der Waals surface area contributed by atoms with E-state index >= 15 is 0 Å². The van der Waals surface area contributed by atoms with E-state index in [2.05, 4.69) is 36.0 Å². The minimum atomic E-state index is -0.447. The van der Waals surface area contributed by atoms with Crippen molar-refractivity contribution in [2.24, 2.45) is 4.99 Å². The van der Waals surface area contributed by atoms with Crippen LogP contribution in [0.15, 0.2) is 51.9 Å². The Labute approximate surface area is 178 Å². The molecule has 30 heavy (non-hydrogen) atoms. The molecule has 0 atom stereocenters. The second-order valence-electron chi connectivity index (χ2n) is 6.99. The van der Waals surface area contributed by atoms with Crippen molar-refractivity contribution in [1.29, 1.82) is 0 Å². The molecule has 0 saturated heterocycles. The van der Waals surface area contributed by atoms with Gasteiger partial charge in [0.25, 0.3) is 0 Å². The minimum Gasteiger partial charge on any atom is -0.493 e. The van der Waals surface area contributed by atoms with Gasteiger partial charge >= 0.3 is 5.91 Å². The normalized spacial score (nSPS) is 11.8. The van der Waals surface area contributed by atoms with E-state index in [4.69, 9.17) is 15.6 Å². The van der Waals surface area contributed by atoms with Gasteiger partial charge in [-0.05, 0) is 42.7 Å². The van der Waals surface area contributed by atoms with Gasteiger partial charge in [0.15, 0.2) is 21.9 Å². The predicted molar refractivity (Wildman–Crippen MR) is 120 cm³/mol. The number of aromatic nitrogens is 1. The quantitative estimate of drug-likeness (QED) is 0.406. The van der Waals surface area contributed by atoms with Gasteiger partial charge in [-0.25, -0.2) is 0 Å². The third-order valence-corrected chi connectivity index (χ3v) is 5.99. The molecule has 4 rings (SSSR count). The number of para-hydroxylation sites is 1. The van der Waals surface area contributed by atoms with Crippen molar-refractivity contribution in [3.05, 3.63) is 58.6 Å². The monoisotopic (exact) mass is 418 g/mol. The molecule has 0 aliphatic heterocycles. The van der Waals surface area contributed by atoms with Gasteiger partial charge in [-0.3, -0.25) is 4.79 Å². The summed E-state index contributed by atoms with van der Waals surface area (Å²) in [6.07, 6.45) is 8.90. The Balaban J connectivity index is 1.78. The number of hydrogen-bond acceptors (Lipinski definition) is 4. The SMILES string of the molecule is C#CCn1c(=NC(=O)c2cc3cccc(OC)c3o2)sc2cc(CCCC)ccc21. The lowest BCUT2D eigenvalue weighted by atomic mass is 10.1. The van der Waals surface area contributed by atoms with Gasteiger partial charge in [0.1, 0.15) is 0 Å². The number of ether oxygens (including phenoxy) is 1. The molecule has 4 aromatic rings. The van der Waals surface area contributed by atoms with Gasteiger partial charge in [0, 0.05) is 5.39 Å². The number of fused-ring (bicyclic) bond motifs is 2. The Kier molecular flexibility index (Phi) is 5.73. The number of furan rings is 1. The van der Waals surface area contributed by atoms with Crippen molar-refractivity contribution in [2.45, 2.75) is 32.7 Å². The summed E-state index contributed by atoms with van der Waals surface area (Å²) in [4.78, 5) is 17.8. The van der Waals surface area contributed by atoms with E-state index < -0.39 is 5.91 Å². The van der Waals surface area contributed by atoms with E-state index in [1.165, 1.54) is 16.9 Å². The molecule has 2 aromatic heterocycles. The minimum absolute atomic E-state index is 0.169. The highest BCUT2D eigenvalue weighted by Gasteiger charge is 2.15. The van der Waals surface area contributed by atoms with Crippen molar-refractivity contribution in [3.8, 4) is 18.1 Å². The zero-order valence-electron chi connectivity index (χ0n) is 17.0. The van der Waals surface area contributed by atoms with Gasteiger partial charge in [0.2, 0.25) is 0 Å². The fraction of sp³-hybridized carbons (Fsp3) is 0.250. The second-order valence-corrected chi connectivity index (χ2v) is 8.00. The highest BCUT2D eigenvalue weighted by atomic mass is 32.1. The number of methoxy groups -OCH3 is 1. The van der Waals surface area contributed by atoms with Crippen molar-refractivity contribution in [1.82, 2.24) is 4.57 Å². The van der Waals surface area contributed by atoms with Crippen LogP contribution in [0, 0.1) is 12.3 Å². The first kappa shape index (κ1) is 20.0. The van der Waals surface area contributed by atoms with E-state index in [1.54, 1.807) is 19.2 Å². The number of benzene rings is 2. The van der Waals surface area contributed by atoms with Gasteiger partial charge < -0.3 is 13.7 Å². The molecule has 0 saturated carbocycles. The molecule has 0 spiro atoms. The number of hydrogen-bond donors (Lipinski definition) is 0. The zero-order valence-corrected chi connectivity index (χ0v) is 17.8. The van der Waals surface area contributed by atoms with Crippen LogP contribution in [0.4, 0.5) is 0 Å². The lowest BCUT2D eigenvalue weighted by molar-refractivity contribution is 0.0973. The van der Waals surface area contributed by atoms with Crippen LogP contribution < -0.4 is 9.54 Å². The standard InChI is InChI=1S/C24H22N2O3S/c1-4-6-8-16-11-12-18-21(14-16)30-24(26(18)13-5-2)25-23(27)20-15-17-9-7-10-19(28-3)22(17)29-20/h2,7,9-12,14-15H,4,6,8,13H2,1,3H3. The van der Waals surface area contributed by atoms with Crippen molar-refractivity contribution >= 4 is 38.4 Å². The maximum Gasteiger partial charge on any atom is 0.315 e. The third kappa shape index (κ3) is 3.77. The predicted octanol–water partition coefficient (Wildman–Crippen LogP) is 5.17. The lowest BCUT2D eigenvalue weighted by Gasteiger charge is -2.02. The Morgan fingerprint density at radius 1 is 1.30 bits per heavy atom. The van der Waals surface area contributed by atoms with Gasteiger partial charge in [-0.15, -0.1) is 6.42 Å². The van der Waals surface area contributed by atoms with Gasteiger partial charge in [-0.2, -0.15) is 4.99 Å². The van der Waals surface area contributed by atoms with Crippen LogP contribution in [0.1, 0.15) is 35.9 Å². The van der Waals surface area contributed by atoms with E-state index in [-0.39, 0.29) is 5.76 Å². The van der Waals surface area contributed by atoms with Crippen molar-refractivity contribution in [2.75, 3.05) is 7.11 Å². The number of nitrogens with zero attached hydrogens (tertiary/aromatic N) is 2. The highest BCUT2D eigenvalue weighted by Crippen LogP contribution is 2.28. The molecule has 0 aliphatic rings. The van der Waals surface area contributed by atoms with Crippen LogP contribution >= 0.6 is 11.3 Å². The molecule has 152 valence electrons. The maximum absolute atomic E-state index is 12.9. The van der Waals surface area contributed by atoms with E-state index in [0.29, 0.717) is 22.7 Å². The number of thiazole rings is 1. The average Bonchev–Trinajstić information content (AvgIpc) is 3.34. The third-order valence-electron chi connectivity index (χ3n) is 4.95. The maximum atomic E-state index is 12.9. The molecule has 6 heteroatoms. The molecular weight excluding hydrogens is 396 g/mol. The molecule has 0 aliphatic carbocycles. The number of rotatable bonds is 6. The fourth-order valence-electron chi connectivity index (χ4n) is 3.43. The first-order chi connectivity index (χ1) is 14.6. The van der Waals surface area contributed by atoms with Crippen LogP contribution in [-0.2, 0) is 13.0 Å². The number of amides is 1. The molecule has 5 nitrogen and oxygen atoms in total. The number of aryl methyl sites for hydroxylation is 1. The van der Waals surface area contributed by atoms with Crippen molar-refractivity contribution < 1.29 is 13.9 Å². The Hall–Kier alpha value is -3.30. The smallest absolute Gasteiger partial charge is 0.315 e. The van der Waals surface area contributed by atoms with Gasteiger partial charge in [-0.1, -0.05) is 48.8 Å². The first-order valence-corrected chi connectivity index (χ1v) is 10.7. The molecule has 2 heterocycles. The molecular formula is C24H22N2O3S. The molecule has 1 amide bonds. The molecule has 0 radical (unpaired) electrons. The van der Waals surface area contributed by atoms with E-state index in [0.717, 1.165) is 34.9 Å². The average molecular weight is 419 g/mol. The van der Waals surface area contributed by atoms with E-state index in [9.17, 15) is 4.79 Å².